The fraction of sp³-hybridized carbons (Fsp3) is 0.211. The van der Waals surface area contributed by atoms with Gasteiger partial charge < -0.3 is 14.8 Å². The largest absolute Gasteiger partial charge is 0.493 e. The molecule has 8 heteroatoms. The minimum Gasteiger partial charge on any atom is -0.493 e. The van der Waals surface area contributed by atoms with Gasteiger partial charge in [-0.1, -0.05) is 22.9 Å². The van der Waals surface area contributed by atoms with Crippen LogP contribution in [0.2, 0.25) is 5.02 Å². The first-order chi connectivity index (χ1) is 12.9. The highest BCUT2D eigenvalue weighted by atomic mass is 35.5. The summed E-state index contributed by atoms with van der Waals surface area (Å²) in [5.41, 5.74) is 3.14. The van der Waals surface area contributed by atoms with Crippen LogP contribution in [0.4, 0.5) is 5.69 Å². The molecule has 0 spiro atoms. The predicted octanol–water partition coefficient (Wildman–Crippen LogP) is 3.81. The number of nitrogens with zero attached hydrogens (tertiary/aromatic N) is 3. The van der Waals surface area contributed by atoms with E-state index in [1.165, 1.54) is 7.11 Å². The van der Waals surface area contributed by atoms with Crippen LogP contribution in [0.25, 0.3) is 5.69 Å². The molecule has 0 atom stereocenters. The molecule has 0 radical (unpaired) electrons. The first kappa shape index (κ1) is 18.7. The van der Waals surface area contributed by atoms with Gasteiger partial charge in [-0.3, -0.25) is 4.79 Å². The number of anilines is 1. The van der Waals surface area contributed by atoms with Crippen LogP contribution in [0.15, 0.2) is 36.4 Å². The second-order valence-electron chi connectivity index (χ2n) is 5.89. The molecule has 0 bridgehead atoms. The minimum atomic E-state index is -0.370. The van der Waals surface area contributed by atoms with Crippen molar-refractivity contribution in [3.05, 3.63) is 58.4 Å². The van der Waals surface area contributed by atoms with E-state index in [4.69, 9.17) is 21.1 Å². The molecule has 27 heavy (non-hydrogen) atoms. The molecule has 0 aliphatic heterocycles. The smallest absolute Gasteiger partial charge is 0.278 e. The number of rotatable bonds is 5. The maximum absolute atomic E-state index is 12.7. The maximum Gasteiger partial charge on any atom is 0.278 e. The standard InChI is InChI=1S/C19H19ClN4O3/c1-11-5-6-13(20)9-15(11)24-12(2)18(22-23-24)19(25)21-14-7-8-16(26-3)17(10-14)27-4/h5-10H,1-4H3,(H,21,25). The van der Waals surface area contributed by atoms with Crippen molar-refractivity contribution in [3.8, 4) is 17.2 Å². The lowest BCUT2D eigenvalue weighted by Crippen LogP contribution is -2.14. The molecule has 1 N–H and O–H groups in total. The van der Waals surface area contributed by atoms with Crippen molar-refractivity contribution in [2.75, 3.05) is 19.5 Å². The maximum atomic E-state index is 12.7. The first-order valence-electron chi connectivity index (χ1n) is 8.16. The van der Waals surface area contributed by atoms with Crippen LogP contribution in [0.5, 0.6) is 11.5 Å². The first-order valence-corrected chi connectivity index (χ1v) is 8.54. The van der Waals surface area contributed by atoms with Gasteiger partial charge in [0, 0.05) is 16.8 Å². The van der Waals surface area contributed by atoms with Gasteiger partial charge in [-0.05, 0) is 43.7 Å². The predicted molar refractivity (Wildman–Crippen MR) is 103 cm³/mol. The zero-order valence-electron chi connectivity index (χ0n) is 15.4. The number of carbonyl (C=O) groups is 1. The Morgan fingerprint density at radius 2 is 1.81 bits per heavy atom. The summed E-state index contributed by atoms with van der Waals surface area (Å²) < 4.78 is 12.1. The monoisotopic (exact) mass is 386 g/mol. The number of aryl methyl sites for hydroxylation is 1. The van der Waals surface area contributed by atoms with Crippen molar-refractivity contribution in [3.63, 3.8) is 0 Å². The molecule has 0 aliphatic rings. The highest BCUT2D eigenvalue weighted by Gasteiger charge is 2.19. The van der Waals surface area contributed by atoms with Crippen LogP contribution in [-0.4, -0.2) is 35.1 Å². The molecule has 7 nitrogen and oxygen atoms in total. The lowest BCUT2D eigenvalue weighted by Gasteiger charge is -2.10. The molecule has 0 aliphatic carbocycles. The molecule has 0 unspecified atom stereocenters. The Bertz CT molecular complexity index is 1000. The molecule has 3 aromatic rings. The number of nitrogens with one attached hydrogen (secondary N) is 1. The fourth-order valence-electron chi connectivity index (χ4n) is 2.68. The van der Waals surface area contributed by atoms with Gasteiger partial charge in [-0.2, -0.15) is 0 Å². The third kappa shape index (κ3) is 3.73. The van der Waals surface area contributed by atoms with E-state index in [0.717, 1.165) is 11.3 Å². The zero-order valence-corrected chi connectivity index (χ0v) is 16.2. The van der Waals surface area contributed by atoms with Crippen molar-refractivity contribution >= 4 is 23.2 Å². The van der Waals surface area contributed by atoms with Gasteiger partial charge in [0.25, 0.3) is 5.91 Å². The van der Waals surface area contributed by atoms with Crippen LogP contribution in [0.3, 0.4) is 0 Å². The molecule has 0 saturated heterocycles. The molecule has 3 rings (SSSR count). The average Bonchev–Trinajstić information content (AvgIpc) is 3.05. The summed E-state index contributed by atoms with van der Waals surface area (Å²) in [4.78, 5) is 12.7. The third-order valence-corrected chi connectivity index (χ3v) is 4.39. The summed E-state index contributed by atoms with van der Waals surface area (Å²) in [5, 5.41) is 11.5. The van der Waals surface area contributed by atoms with Crippen molar-refractivity contribution in [1.29, 1.82) is 0 Å². The summed E-state index contributed by atoms with van der Waals surface area (Å²) in [7, 11) is 3.09. The number of halogens is 1. The van der Waals surface area contributed by atoms with Crippen molar-refractivity contribution in [1.82, 2.24) is 15.0 Å². The highest BCUT2D eigenvalue weighted by molar-refractivity contribution is 6.30. The lowest BCUT2D eigenvalue weighted by molar-refractivity contribution is 0.102. The molecule has 1 heterocycles. The van der Waals surface area contributed by atoms with E-state index in [9.17, 15) is 4.79 Å². The van der Waals surface area contributed by atoms with Gasteiger partial charge in [0.15, 0.2) is 17.2 Å². The number of ether oxygens (including phenoxy) is 2. The SMILES string of the molecule is COc1ccc(NC(=O)c2nnn(-c3cc(Cl)ccc3C)c2C)cc1OC. The average molecular weight is 387 g/mol. The number of hydrogen-bond acceptors (Lipinski definition) is 5. The van der Waals surface area contributed by atoms with E-state index >= 15 is 0 Å². The summed E-state index contributed by atoms with van der Waals surface area (Å²) >= 11 is 6.09. The van der Waals surface area contributed by atoms with Gasteiger partial charge in [-0.25, -0.2) is 4.68 Å². The van der Waals surface area contributed by atoms with Gasteiger partial charge in [-0.15, -0.1) is 5.10 Å². The number of benzene rings is 2. The van der Waals surface area contributed by atoms with Crippen LogP contribution in [0.1, 0.15) is 21.7 Å². The van der Waals surface area contributed by atoms with E-state index in [1.54, 1.807) is 49.0 Å². The Morgan fingerprint density at radius 3 is 2.52 bits per heavy atom. The third-order valence-electron chi connectivity index (χ3n) is 4.15. The number of hydrogen-bond donors (Lipinski definition) is 1. The summed E-state index contributed by atoms with van der Waals surface area (Å²) in [6, 6.07) is 10.6. The minimum absolute atomic E-state index is 0.226. The summed E-state index contributed by atoms with van der Waals surface area (Å²) in [5.74, 6) is 0.727. The molecule has 1 aromatic heterocycles. The number of aromatic nitrogens is 3. The molecule has 0 fully saturated rings. The second kappa shape index (κ2) is 7.67. The summed E-state index contributed by atoms with van der Waals surface area (Å²) in [6.45, 7) is 3.72. The topological polar surface area (TPSA) is 78.3 Å². The number of methoxy groups -OCH3 is 2. The van der Waals surface area contributed by atoms with Crippen LogP contribution < -0.4 is 14.8 Å². The molecule has 140 valence electrons. The summed E-state index contributed by atoms with van der Waals surface area (Å²) in [6.07, 6.45) is 0. The Kier molecular flexibility index (Phi) is 5.32. The van der Waals surface area contributed by atoms with E-state index in [1.807, 2.05) is 13.0 Å². The van der Waals surface area contributed by atoms with Gasteiger partial charge in [0.1, 0.15) is 0 Å². The lowest BCUT2D eigenvalue weighted by atomic mass is 10.2. The molecule has 2 aromatic carbocycles. The molecule has 0 saturated carbocycles. The van der Waals surface area contributed by atoms with Crippen molar-refractivity contribution in [2.24, 2.45) is 0 Å². The Labute approximate surface area is 161 Å². The normalized spacial score (nSPS) is 10.6. The van der Waals surface area contributed by atoms with Crippen LogP contribution >= 0.6 is 11.6 Å². The van der Waals surface area contributed by atoms with Gasteiger partial charge in [0.2, 0.25) is 0 Å². The number of carbonyl (C=O) groups excluding carboxylic acids is 1. The molecule has 1 amide bonds. The second-order valence-corrected chi connectivity index (χ2v) is 6.33. The quantitative estimate of drug-likeness (QED) is 0.721. The van der Waals surface area contributed by atoms with Crippen molar-refractivity contribution < 1.29 is 14.3 Å². The Hall–Kier alpha value is -3.06. The van der Waals surface area contributed by atoms with E-state index in [-0.39, 0.29) is 11.6 Å². The zero-order chi connectivity index (χ0) is 19.6. The van der Waals surface area contributed by atoms with E-state index in [2.05, 4.69) is 15.6 Å². The van der Waals surface area contributed by atoms with Crippen molar-refractivity contribution in [2.45, 2.75) is 13.8 Å². The van der Waals surface area contributed by atoms with E-state index < -0.39 is 0 Å². The van der Waals surface area contributed by atoms with Crippen LogP contribution in [-0.2, 0) is 0 Å². The highest BCUT2D eigenvalue weighted by Crippen LogP contribution is 2.30. The number of amides is 1. The molecular weight excluding hydrogens is 368 g/mol. The van der Waals surface area contributed by atoms with Gasteiger partial charge in [0.05, 0.1) is 25.6 Å². The Morgan fingerprint density at radius 1 is 1.07 bits per heavy atom. The van der Waals surface area contributed by atoms with Gasteiger partial charge >= 0.3 is 0 Å². The Balaban J connectivity index is 1.89. The van der Waals surface area contributed by atoms with Crippen LogP contribution in [0, 0.1) is 13.8 Å². The molecular formula is C19H19ClN4O3. The fourth-order valence-corrected chi connectivity index (χ4v) is 2.85. The van der Waals surface area contributed by atoms with E-state index in [0.29, 0.717) is 27.9 Å².